The molecule has 0 amide bonds. The van der Waals surface area contributed by atoms with E-state index in [1.54, 1.807) is 0 Å². The maximum Gasteiger partial charge on any atom is 0.516 e. The molecule has 0 fully saturated rings. The van der Waals surface area contributed by atoms with Gasteiger partial charge in [0.15, 0.2) is 0 Å². The smallest absolute Gasteiger partial charge is 0.373 e. The quantitative estimate of drug-likeness (QED) is 0.434. The maximum absolute atomic E-state index is 5.86. The second-order valence-corrected chi connectivity index (χ2v) is 6.51. The van der Waals surface area contributed by atoms with Crippen molar-refractivity contribution in [2.75, 3.05) is 26.4 Å². The Balaban J connectivity index is 4.54. The van der Waals surface area contributed by atoms with Gasteiger partial charge in [0.25, 0.3) is 0 Å². The molecular formula is C11H28N2O3Si. The first-order valence-corrected chi connectivity index (χ1v) is 8.43. The summed E-state index contributed by atoms with van der Waals surface area (Å²) in [5.74, 6) is 0. The fraction of sp³-hybridized carbons (Fsp3) is 1.00. The monoisotopic (exact) mass is 264 g/mol. The van der Waals surface area contributed by atoms with Crippen molar-refractivity contribution >= 4 is 8.80 Å². The van der Waals surface area contributed by atoms with Gasteiger partial charge in [-0.2, -0.15) is 0 Å². The molecule has 0 saturated carbocycles. The van der Waals surface area contributed by atoms with Crippen LogP contribution in [0, 0.1) is 0 Å². The van der Waals surface area contributed by atoms with Gasteiger partial charge in [0.1, 0.15) is 0 Å². The van der Waals surface area contributed by atoms with Gasteiger partial charge >= 0.3 is 8.80 Å². The SMILES string of the molecule is CCCO[Si](CNC)(OCCC)OC(N)CC. The first kappa shape index (κ1) is 17.0. The fourth-order valence-electron chi connectivity index (χ4n) is 1.30. The minimum Gasteiger partial charge on any atom is -0.373 e. The molecule has 1 atom stereocenters. The van der Waals surface area contributed by atoms with E-state index >= 15 is 0 Å². The van der Waals surface area contributed by atoms with Crippen molar-refractivity contribution in [3.63, 3.8) is 0 Å². The average molecular weight is 264 g/mol. The largest absolute Gasteiger partial charge is 0.516 e. The van der Waals surface area contributed by atoms with Crippen LogP contribution in [0.5, 0.6) is 0 Å². The van der Waals surface area contributed by atoms with Crippen LogP contribution in [-0.4, -0.2) is 41.5 Å². The van der Waals surface area contributed by atoms with Crippen molar-refractivity contribution in [2.45, 2.75) is 46.3 Å². The zero-order chi connectivity index (χ0) is 13.1. The summed E-state index contributed by atoms with van der Waals surface area (Å²) < 4.78 is 17.5. The van der Waals surface area contributed by atoms with Crippen LogP contribution in [-0.2, 0) is 13.3 Å². The zero-order valence-electron chi connectivity index (χ0n) is 11.6. The molecule has 0 aromatic carbocycles. The third-order valence-corrected chi connectivity index (χ3v) is 4.92. The highest BCUT2D eigenvalue weighted by atomic mass is 28.4. The van der Waals surface area contributed by atoms with Gasteiger partial charge in [-0.05, 0) is 26.3 Å². The van der Waals surface area contributed by atoms with Gasteiger partial charge in [-0.25, -0.2) is 0 Å². The summed E-state index contributed by atoms with van der Waals surface area (Å²) in [5, 5.41) is 3.09. The number of hydrogen-bond acceptors (Lipinski definition) is 5. The summed E-state index contributed by atoms with van der Waals surface area (Å²) in [6.45, 7) is 7.42. The Bertz CT molecular complexity index is 176. The van der Waals surface area contributed by atoms with E-state index in [9.17, 15) is 0 Å². The third-order valence-electron chi connectivity index (χ3n) is 2.18. The van der Waals surface area contributed by atoms with Crippen LogP contribution in [0.4, 0.5) is 0 Å². The van der Waals surface area contributed by atoms with Gasteiger partial charge in [0.2, 0.25) is 0 Å². The van der Waals surface area contributed by atoms with Crippen LogP contribution in [0.15, 0.2) is 0 Å². The van der Waals surface area contributed by atoms with Gasteiger partial charge in [-0.15, -0.1) is 0 Å². The van der Waals surface area contributed by atoms with Crippen LogP contribution in [0.25, 0.3) is 0 Å². The molecule has 6 heteroatoms. The van der Waals surface area contributed by atoms with Crippen molar-refractivity contribution in [2.24, 2.45) is 5.73 Å². The summed E-state index contributed by atoms with van der Waals surface area (Å²) in [6, 6.07) is 0. The topological polar surface area (TPSA) is 65.7 Å². The molecule has 104 valence electrons. The van der Waals surface area contributed by atoms with Gasteiger partial charge in [-0.3, -0.25) is 0 Å². The Labute approximate surface area is 106 Å². The summed E-state index contributed by atoms with van der Waals surface area (Å²) in [4.78, 5) is 0. The van der Waals surface area contributed by atoms with E-state index in [1.165, 1.54) is 0 Å². The highest BCUT2D eigenvalue weighted by Crippen LogP contribution is 2.13. The molecule has 0 spiro atoms. The molecule has 0 radical (unpaired) electrons. The number of nitrogens with one attached hydrogen (secondary N) is 1. The lowest BCUT2D eigenvalue weighted by Gasteiger charge is -2.31. The third kappa shape index (κ3) is 7.12. The first-order valence-electron chi connectivity index (χ1n) is 6.50. The Morgan fingerprint density at radius 3 is 2.00 bits per heavy atom. The Morgan fingerprint density at radius 1 is 1.12 bits per heavy atom. The van der Waals surface area contributed by atoms with Crippen molar-refractivity contribution in [1.82, 2.24) is 5.32 Å². The molecule has 0 saturated heterocycles. The lowest BCUT2D eigenvalue weighted by Crippen LogP contribution is -2.57. The minimum atomic E-state index is -2.66. The molecule has 1 unspecified atom stereocenters. The molecule has 0 aliphatic heterocycles. The van der Waals surface area contributed by atoms with E-state index in [2.05, 4.69) is 19.2 Å². The zero-order valence-corrected chi connectivity index (χ0v) is 12.6. The van der Waals surface area contributed by atoms with Crippen LogP contribution >= 0.6 is 0 Å². The summed E-state index contributed by atoms with van der Waals surface area (Å²) >= 11 is 0. The molecule has 17 heavy (non-hydrogen) atoms. The van der Waals surface area contributed by atoms with E-state index in [4.69, 9.17) is 19.0 Å². The van der Waals surface area contributed by atoms with Crippen molar-refractivity contribution in [1.29, 1.82) is 0 Å². The van der Waals surface area contributed by atoms with Gasteiger partial charge in [-0.1, -0.05) is 20.8 Å². The molecule has 0 aliphatic rings. The predicted molar refractivity (Wildman–Crippen MR) is 71.5 cm³/mol. The lowest BCUT2D eigenvalue weighted by atomic mass is 10.5. The second kappa shape index (κ2) is 9.99. The van der Waals surface area contributed by atoms with E-state index in [-0.39, 0.29) is 6.23 Å². The van der Waals surface area contributed by atoms with E-state index in [1.807, 2.05) is 14.0 Å². The lowest BCUT2D eigenvalue weighted by molar-refractivity contribution is 0.0268. The molecule has 3 N–H and O–H groups in total. The number of rotatable bonds is 11. The number of hydrogen-bond donors (Lipinski definition) is 2. The van der Waals surface area contributed by atoms with Crippen LogP contribution < -0.4 is 11.1 Å². The summed E-state index contributed by atoms with van der Waals surface area (Å²) in [6.07, 6.45) is 2.92. The maximum atomic E-state index is 5.86. The normalized spacial score (nSPS) is 13.9. The van der Waals surface area contributed by atoms with Gasteiger partial charge < -0.3 is 24.3 Å². The fourth-order valence-corrected chi connectivity index (χ4v) is 3.90. The van der Waals surface area contributed by atoms with Gasteiger partial charge in [0.05, 0.1) is 12.4 Å². The highest BCUT2D eigenvalue weighted by Gasteiger charge is 2.42. The van der Waals surface area contributed by atoms with Gasteiger partial charge in [0, 0.05) is 13.2 Å². The van der Waals surface area contributed by atoms with Crippen molar-refractivity contribution in [3.8, 4) is 0 Å². The predicted octanol–water partition coefficient (Wildman–Crippen LogP) is 1.25. The molecule has 0 heterocycles. The Kier molecular flexibility index (Phi) is 10.00. The highest BCUT2D eigenvalue weighted by molar-refractivity contribution is 6.61. The molecule has 0 rings (SSSR count). The van der Waals surface area contributed by atoms with Crippen LogP contribution in [0.3, 0.4) is 0 Å². The Morgan fingerprint density at radius 2 is 1.65 bits per heavy atom. The van der Waals surface area contributed by atoms with Crippen molar-refractivity contribution in [3.05, 3.63) is 0 Å². The minimum absolute atomic E-state index is 0.316. The average Bonchev–Trinajstić information content (AvgIpc) is 2.34. The van der Waals surface area contributed by atoms with Crippen LogP contribution in [0.1, 0.15) is 40.0 Å². The molecule has 5 nitrogen and oxygen atoms in total. The Hall–Kier alpha value is 0.0169. The molecule has 0 aromatic rings. The standard InChI is InChI=1S/C11H28N2O3Si/c1-5-8-14-17(10-13-4,15-9-6-2)16-11(12)7-3/h11,13H,5-10,12H2,1-4H3. The summed E-state index contributed by atoms with van der Waals surface area (Å²) in [7, 11) is -0.789. The molecular weight excluding hydrogens is 236 g/mol. The van der Waals surface area contributed by atoms with Crippen molar-refractivity contribution < 1.29 is 13.3 Å². The summed E-state index contributed by atoms with van der Waals surface area (Å²) in [5.41, 5.74) is 5.86. The first-order chi connectivity index (χ1) is 8.14. The molecule has 0 bridgehead atoms. The van der Waals surface area contributed by atoms with E-state index in [0.717, 1.165) is 19.3 Å². The number of nitrogens with two attached hydrogens (primary N) is 1. The van der Waals surface area contributed by atoms with Crippen LogP contribution in [0.2, 0.25) is 0 Å². The molecule has 0 aliphatic carbocycles. The van der Waals surface area contributed by atoms with E-state index in [0.29, 0.717) is 19.4 Å². The second-order valence-electron chi connectivity index (χ2n) is 3.97. The molecule has 0 aromatic heterocycles. The van der Waals surface area contributed by atoms with E-state index < -0.39 is 8.80 Å².